The van der Waals surface area contributed by atoms with Crippen molar-refractivity contribution in [3.05, 3.63) is 104 Å². The van der Waals surface area contributed by atoms with Crippen LogP contribution in [0.25, 0.3) is 0 Å². The molecule has 262 valence electrons. The van der Waals surface area contributed by atoms with Crippen LogP contribution in [0.3, 0.4) is 0 Å². The van der Waals surface area contributed by atoms with Gasteiger partial charge in [0.05, 0.1) is 33.7 Å². The van der Waals surface area contributed by atoms with E-state index in [-0.39, 0.29) is 31.2 Å². The second-order valence-corrected chi connectivity index (χ2v) is 14.3. The smallest absolute Gasteiger partial charge is 0.407 e. The minimum absolute atomic E-state index is 0.131. The van der Waals surface area contributed by atoms with Crippen molar-refractivity contribution < 1.29 is 24.2 Å². The summed E-state index contributed by atoms with van der Waals surface area (Å²) in [5.74, 6) is -0.206. The number of carbonyl (C=O) groups excluding carboxylic acids is 3. The molecule has 4 amide bonds. The summed E-state index contributed by atoms with van der Waals surface area (Å²) in [5, 5.41) is 22.3. The fourth-order valence-electron chi connectivity index (χ4n) is 5.22. The van der Waals surface area contributed by atoms with E-state index in [1.165, 1.54) is 23.2 Å². The predicted octanol–water partition coefficient (Wildman–Crippen LogP) is 5.66. The molecule has 4 atom stereocenters. The third-order valence-corrected chi connectivity index (χ3v) is 9.81. The zero-order valence-electron chi connectivity index (χ0n) is 28.4. The van der Waals surface area contributed by atoms with E-state index in [1.54, 1.807) is 30.1 Å². The van der Waals surface area contributed by atoms with Crippen LogP contribution >= 0.6 is 22.7 Å². The number of nitrogens with zero attached hydrogens (tertiary/aromatic N) is 3. The van der Waals surface area contributed by atoms with Crippen molar-refractivity contribution in [2.24, 2.45) is 0 Å². The predicted molar refractivity (Wildman–Crippen MR) is 192 cm³/mol. The maximum Gasteiger partial charge on any atom is 0.407 e. The van der Waals surface area contributed by atoms with Crippen molar-refractivity contribution in [3.63, 3.8) is 0 Å². The quantitative estimate of drug-likeness (QED) is 0.111. The van der Waals surface area contributed by atoms with Crippen LogP contribution in [0.5, 0.6) is 0 Å². The average Bonchev–Trinajstić information content (AvgIpc) is 3.78. The Hall–Kier alpha value is -4.33. The highest BCUT2D eigenvalue weighted by Crippen LogP contribution is 2.20. The Morgan fingerprint density at radius 1 is 0.878 bits per heavy atom. The van der Waals surface area contributed by atoms with Gasteiger partial charge in [-0.2, -0.15) is 0 Å². The third kappa shape index (κ3) is 12.6. The second kappa shape index (κ2) is 19.0. The molecule has 0 fully saturated rings. The molecule has 0 saturated heterocycles. The monoisotopic (exact) mass is 706 g/mol. The van der Waals surface area contributed by atoms with Gasteiger partial charge in [0.2, 0.25) is 5.91 Å². The molecule has 0 aliphatic heterocycles. The van der Waals surface area contributed by atoms with E-state index >= 15 is 0 Å². The van der Waals surface area contributed by atoms with Gasteiger partial charge in [-0.05, 0) is 43.7 Å². The number of aromatic nitrogens is 2. The summed E-state index contributed by atoms with van der Waals surface area (Å²) in [6.45, 7) is 6.00. The number of carbonyl (C=O) groups is 3. The number of aliphatic hydroxyl groups excluding tert-OH is 1. The Kier molecular flexibility index (Phi) is 14.5. The van der Waals surface area contributed by atoms with Crippen molar-refractivity contribution >= 4 is 40.7 Å². The van der Waals surface area contributed by atoms with Crippen LogP contribution in [0, 0.1) is 0 Å². The number of benzene rings is 2. The fraction of sp³-hybridized carbons (Fsp3) is 0.417. The van der Waals surface area contributed by atoms with Crippen LogP contribution < -0.4 is 16.0 Å². The van der Waals surface area contributed by atoms with Crippen molar-refractivity contribution in [1.29, 1.82) is 0 Å². The highest BCUT2D eigenvalue weighted by Gasteiger charge is 2.29. The number of aliphatic hydroxyl groups is 1. The summed E-state index contributed by atoms with van der Waals surface area (Å²) in [6, 6.07) is 17.3. The summed E-state index contributed by atoms with van der Waals surface area (Å²) in [6.07, 6.45) is 2.11. The topological polar surface area (TPSA) is 146 Å². The van der Waals surface area contributed by atoms with Gasteiger partial charge in [0.15, 0.2) is 0 Å². The van der Waals surface area contributed by atoms with Crippen LogP contribution in [0.2, 0.25) is 0 Å². The van der Waals surface area contributed by atoms with Crippen LogP contribution in [0.4, 0.5) is 9.59 Å². The molecule has 2 heterocycles. The number of thiazole rings is 2. The van der Waals surface area contributed by atoms with Gasteiger partial charge < -0.3 is 30.7 Å². The first-order valence-electron chi connectivity index (χ1n) is 16.4. The molecule has 2 aromatic carbocycles. The molecule has 0 bridgehead atoms. The van der Waals surface area contributed by atoms with Gasteiger partial charge in [0, 0.05) is 36.6 Å². The number of hydrogen-bond donors (Lipinski definition) is 4. The summed E-state index contributed by atoms with van der Waals surface area (Å²) >= 11 is 2.96. The second-order valence-electron chi connectivity index (χ2n) is 12.4. The van der Waals surface area contributed by atoms with Gasteiger partial charge in [0.25, 0.3) is 0 Å². The zero-order chi connectivity index (χ0) is 35.2. The molecule has 0 aliphatic carbocycles. The van der Waals surface area contributed by atoms with E-state index in [9.17, 15) is 19.5 Å². The molecule has 13 heteroatoms. The Morgan fingerprint density at radius 3 is 2.02 bits per heavy atom. The number of rotatable bonds is 17. The summed E-state index contributed by atoms with van der Waals surface area (Å²) < 4.78 is 5.46. The highest BCUT2D eigenvalue weighted by atomic mass is 32.1. The van der Waals surface area contributed by atoms with Gasteiger partial charge in [-0.1, -0.05) is 74.5 Å². The lowest BCUT2D eigenvalue weighted by molar-refractivity contribution is -0.126. The maximum absolute atomic E-state index is 13.7. The molecule has 1 unspecified atom stereocenters. The number of alkyl carbamates (subject to hydrolysis) is 1. The van der Waals surface area contributed by atoms with Gasteiger partial charge in [-0.25, -0.2) is 14.6 Å². The first-order valence-corrected chi connectivity index (χ1v) is 18.2. The van der Waals surface area contributed by atoms with E-state index in [0.29, 0.717) is 25.7 Å². The minimum atomic E-state index is -1.19. The lowest BCUT2D eigenvalue weighted by atomic mass is 9.95. The number of hydrogen-bond acceptors (Lipinski definition) is 9. The van der Waals surface area contributed by atoms with E-state index in [1.807, 2.05) is 66.0 Å². The largest absolute Gasteiger partial charge is 0.444 e. The maximum atomic E-state index is 13.7. The fourth-order valence-corrected chi connectivity index (χ4v) is 6.56. The summed E-state index contributed by atoms with van der Waals surface area (Å²) in [7, 11) is 1.63. The number of ether oxygens (including phenoxy) is 1. The molecular weight excluding hydrogens is 661 g/mol. The van der Waals surface area contributed by atoms with Crippen molar-refractivity contribution in [3.8, 4) is 0 Å². The first kappa shape index (κ1) is 37.5. The third-order valence-electron chi connectivity index (χ3n) is 7.86. The molecule has 0 radical (unpaired) electrons. The number of nitrogens with one attached hydrogen (secondary N) is 3. The standard InChI is InChI=1S/C36H46N6O5S2/c1-24(2)34-39-30(22-48-34)20-42(4)35(45)41-32(25(3)43)33(44)38-28(17-26-11-7-5-8-12-26)15-16-29(18-27-13-9-6-10-14-27)40-36(46)47-21-31-19-37-23-49-31/h5-14,19,22-25,28-29,32,43H,15-18,20-21H2,1-4H3,(H,38,44)(H,40,46)(H,41,45)/t25?,28-,29-,32-/m0/s1. The van der Waals surface area contributed by atoms with E-state index in [2.05, 4.69) is 39.8 Å². The van der Waals surface area contributed by atoms with Gasteiger partial charge in [0.1, 0.15) is 12.6 Å². The van der Waals surface area contributed by atoms with Crippen LogP contribution in [0.15, 0.2) is 77.8 Å². The Balaban J connectivity index is 1.43. The lowest BCUT2D eigenvalue weighted by Crippen LogP contribution is -2.56. The molecule has 0 saturated carbocycles. The van der Waals surface area contributed by atoms with Crippen molar-refractivity contribution in [2.75, 3.05) is 7.05 Å². The van der Waals surface area contributed by atoms with Gasteiger partial charge in [-0.3, -0.25) is 9.78 Å². The van der Waals surface area contributed by atoms with Crippen molar-refractivity contribution in [2.45, 2.75) is 89.8 Å². The Bertz CT molecular complexity index is 1580. The number of urea groups is 1. The molecule has 11 nitrogen and oxygen atoms in total. The normalized spacial score (nSPS) is 13.6. The number of amides is 4. The molecule has 0 spiro atoms. The molecular formula is C36H46N6O5S2. The average molecular weight is 707 g/mol. The van der Waals surface area contributed by atoms with Crippen LogP contribution in [0.1, 0.15) is 66.2 Å². The van der Waals surface area contributed by atoms with Gasteiger partial charge in [-0.15, -0.1) is 22.7 Å². The SMILES string of the molecule is CC(C)c1nc(CN(C)C(=O)N[C@H](C(=O)N[C@@H](CC[C@@H](Cc2ccccc2)NC(=O)OCc2cncs2)Cc2ccccc2)C(C)O)cs1. The molecule has 4 aromatic rings. The van der Waals surface area contributed by atoms with Crippen LogP contribution in [-0.4, -0.2) is 69.3 Å². The van der Waals surface area contributed by atoms with E-state index < -0.39 is 30.2 Å². The Morgan fingerprint density at radius 2 is 1.49 bits per heavy atom. The van der Waals surface area contributed by atoms with E-state index in [0.717, 1.165) is 26.7 Å². The Labute approximate surface area is 296 Å². The molecule has 2 aromatic heterocycles. The molecule has 4 rings (SSSR count). The van der Waals surface area contributed by atoms with Crippen LogP contribution in [-0.2, 0) is 35.5 Å². The zero-order valence-corrected chi connectivity index (χ0v) is 30.0. The molecule has 49 heavy (non-hydrogen) atoms. The first-order chi connectivity index (χ1) is 23.6. The lowest BCUT2D eigenvalue weighted by Gasteiger charge is -2.28. The summed E-state index contributed by atoms with van der Waals surface area (Å²) in [5.41, 5.74) is 4.52. The molecule has 0 aliphatic rings. The van der Waals surface area contributed by atoms with Gasteiger partial charge >= 0.3 is 12.1 Å². The highest BCUT2D eigenvalue weighted by molar-refractivity contribution is 7.09. The molecule has 4 N–H and O–H groups in total. The van der Waals surface area contributed by atoms with E-state index in [4.69, 9.17) is 4.74 Å². The minimum Gasteiger partial charge on any atom is -0.444 e. The van der Waals surface area contributed by atoms with Crippen molar-refractivity contribution in [1.82, 2.24) is 30.8 Å². The summed E-state index contributed by atoms with van der Waals surface area (Å²) in [4.78, 5) is 50.6.